The maximum atomic E-state index is 11.9. The molecule has 0 radical (unpaired) electrons. The Hall–Kier alpha value is -0.730. The van der Waals surface area contributed by atoms with Crippen LogP contribution in [0.4, 0.5) is 0 Å². The second-order valence-electron chi connectivity index (χ2n) is 7.34. The molecule has 1 aliphatic carbocycles. The first-order chi connectivity index (χ1) is 10.6. The summed E-state index contributed by atoms with van der Waals surface area (Å²) < 4.78 is 28.2. The molecule has 23 heavy (non-hydrogen) atoms. The molecule has 0 aromatic carbocycles. The second kappa shape index (κ2) is 5.39. The number of carbonyl (C=O) groups is 1. The van der Waals surface area contributed by atoms with Crippen LogP contribution in [-0.4, -0.2) is 59.8 Å². The van der Waals surface area contributed by atoms with Crippen molar-refractivity contribution in [2.24, 2.45) is 5.92 Å². The first-order valence-corrected chi connectivity index (χ1v) is 8.14. The lowest BCUT2D eigenvalue weighted by molar-refractivity contribution is -0.273. The van der Waals surface area contributed by atoms with E-state index in [4.69, 9.17) is 23.7 Å². The van der Waals surface area contributed by atoms with Gasteiger partial charge in [0.25, 0.3) is 0 Å². The van der Waals surface area contributed by atoms with Crippen molar-refractivity contribution in [3.8, 4) is 0 Å². The minimum atomic E-state index is -1.33. The summed E-state index contributed by atoms with van der Waals surface area (Å²) in [6, 6.07) is 0. The average Bonchev–Trinajstić information content (AvgIpc) is 2.94. The molecule has 7 heteroatoms. The number of esters is 1. The van der Waals surface area contributed by atoms with E-state index in [2.05, 4.69) is 0 Å². The number of fused-ring (bicyclic) bond motifs is 1. The van der Waals surface area contributed by atoms with E-state index in [9.17, 15) is 9.90 Å². The van der Waals surface area contributed by atoms with Gasteiger partial charge in [0.05, 0.1) is 25.7 Å². The summed E-state index contributed by atoms with van der Waals surface area (Å²) in [6.45, 7) is 9.48. The van der Waals surface area contributed by atoms with Crippen molar-refractivity contribution in [1.29, 1.82) is 0 Å². The van der Waals surface area contributed by atoms with E-state index < -0.39 is 35.3 Å². The first-order valence-electron chi connectivity index (χ1n) is 8.14. The molecule has 1 N–H and O–H groups in total. The van der Waals surface area contributed by atoms with Crippen LogP contribution in [0.1, 0.15) is 41.0 Å². The van der Waals surface area contributed by atoms with Crippen LogP contribution in [0.2, 0.25) is 0 Å². The van der Waals surface area contributed by atoms with Gasteiger partial charge in [0.1, 0.15) is 17.8 Å². The van der Waals surface area contributed by atoms with Crippen LogP contribution in [0.3, 0.4) is 0 Å². The fourth-order valence-corrected chi connectivity index (χ4v) is 3.81. The summed E-state index contributed by atoms with van der Waals surface area (Å²) in [7, 11) is 0. The number of aliphatic hydroxyl groups is 1. The second-order valence-corrected chi connectivity index (χ2v) is 7.34. The monoisotopic (exact) mass is 330 g/mol. The predicted octanol–water partition coefficient (Wildman–Crippen LogP) is 0.972. The van der Waals surface area contributed by atoms with E-state index in [1.54, 1.807) is 34.6 Å². The van der Waals surface area contributed by atoms with E-state index in [1.165, 1.54) is 0 Å². The lowest BCUT2D eigenvalue weighted by Crippen LogP contribution is -2.74. The first kappa shape index (κ1) is 17.1. The highest BCUT2D eigenvalue weighted by Gasteiger charge is 2.73. The summed E-state index contributed by atoms with van der Waals surface area (Å²) in [4.78, 5) is 11.9. The van der Waals surface area contributed by atoms with Crippen molar-refractivity contribution in [2.75, 3.05) is 13.2 Å². The van der Waals surface area contributed by atoms with Gasteiger partial charge in [-0.3, -0.25) is 4.79 Å². The zero-order valence-corrected chi connectivity index (χ0v) is 14.3. The van der Waals surface area contributed by atoms with Crippen LogP contribution < -0.4 is 0 Å². The minimum absolute atomic E-state index is 0.0607. The van der Waals surface area contributed by atoms with E-state index in [-0.39, 0.29) is 25.1 Å². The highest BCUT2D eigenvalue weighted by atomic mass is 16.8. The van der Waals surface area contributed by atoms with Crippen molar-refractivity contribution in [1.82, 2.24) is 0 Å². The van der Waals surface area contributed by atoms with E-state index in [1.807, 2.05) is 0 Å². The molecule has 0 unspecified atom stereocenters. The number of ether oxygens (including phenoxy) is 5. The molecule has 7 nitrogen and oxygen atoms in total. The van der Waals surface area contributed by atoms with Crippen molar-refractivity contribution in [3.05, 3.63) is 0 Å². The van der Waals surface area contributed by atoms with Crippen LogP contribution >= 0.6 is 0 Å². The molecule has 3 fully saturated rings. The fourth-order valence-electron chi connectivity index (χ4n) is 3.81. The number of hydrogen-bond donors (Lipinski definition) is 1. The van der Waals surface area contributed by atoms with E-state index in [0.717, 1.165) is 0 Å². The summed E-state index contributed by atoms with van der Waals surface area (Å²) >= 11 is 0. The van der Waals surface area contributed by atoms with Gasteiger partial charge in [0.15, 0.2) is 11.6 Å². The summed E-state index contributed by atoms with van der Waals surface area (Å²) in [5.74, 6) is -2.38. The van der Waals surface area contributed by atoms with Gasteiger partial charge < -0.3 is 28.8 Å². The van der Waals surface area contributed by atoms with Crippen molar-refractivity contribution in [3.63, 3.8) is 0 Å². The molecule has 3 rings (SSSR count). The van der Waals surface area contributed by atoms with E-state index in [0.29, 0.717) is 6.61 Å². The van der Waals surface area contributed by atoms with Gasteiger partial charge in [0, 0.05) is 5.92 Å². The largest absolute Gasteiger partial charge is 0.466 e. The SMILES string of the molecule is CCOC(=O)C[C@H]1[C@@H]2OC(C)(C)O[C@@H]2[C@@]1(O)[C@H]1COC(C)(C)O1. The third-order valence-electron chi connectivity index (χ3n) is 4.79. The zero-order valence-electron chi connectivity index (χ0n) is 14.3. The standard InChI is InChI=1S/C16H26O7/c1-6-19-11(17)7-9-12-13(23-15(4,5)22-12)16(9,18)10-8-20-14(2,3)21-10/h9-10,12-13,18H,6-8H2,1-5H3/t9-,10+,12-,13-,16-/m0/s1. The third kappa shape index (κ3) is 2.78. The van der Waals surface area contributed by atoms with Gasteiger partial charge in [-0.05, 0) is 34.6 Å². The molecule has 0 spiro atoms. The van der Waals surface area contributed by atoms with Crippen LogP contribution in [0, 0.1) is 5.92 Å². The van der Waals surface area contributed by atoms with Crippen molar-refractivity contribution >= 4 is 5.97 Å². The van der Waals surface area contributed by atoms with Crippen molar-refractivity contribution in [2.45, 2.75) is 76.5 Å². The maximum absolute atomic E-state index is 11.9. The highest BCUT2D eigenvalue weighted by Crippen LogP contribution is 2.55. The Morgan fingerprint density at radius 2 is 1.87 bits per heavy atom. The minimum Gasteiger partial charge on any atom is -0.466 e. The van der Waals surface area contributed by atoms with Gasteiger partial charge in [-0.25, -0.2) is 0 Å². The number of hydrogen-bond acceptors (Lipinski definition) is 7. The topological polar surface area (TPSA) is 83.5 Å². The zero-order chi connectivity index (χ0) is 17.0. The lowest BCUT2D eigenvalue weighted by Gasteiger charge is -2.54. The molecular weight excluding hydrogens is 304 g/mol. The summed E-state index contributed by atoms with van der Waals surface area (Å²) in [6.07, 6.45) is -1.41. The Morgan fingerprint density at radius 3 is 2.43 bits per heavy atom. The van der Waals surface area contributed by atoms with Crippen LogP contribution in [0.5, 0.6) is 0 Å². The van der Waals surface area contributed by atoms with Gasteiger partial charge in [-0.2, -0.15) is 0 Å². The molecule has 3 aliphatic rings. The molecule has 5 atom stereocenters. The quantitative estimate of drug-likeness (QED) is 0.769. The Bertz CT molecular complexity index is 483. The number of carbonyl (C=O) groups excluding carboxylic acids is 1. The normalized spacial score (nSPS) is 43.7. The summed E-state index contributed by atoms with van der Waals surface area (Å²) in [5, 5.41) is 11.3. The summed E-state index contributed by atoms with van der Waals surface area (Å²) in [5.41, 5.74) is -1.33. The van der Waals surface area contributed by atoms with Gasteiger partial charge >= 0.3 is 5.97 Å². The van der Waals surface area contributed by atoms with Crippen LogP contribution in [0.25, 0.3) is 0 Å². The maximum Gasteiger partial charge on any atom is 0.306 e. The molecule has 1 saturated carbocycles. The number of rotatable bonds is 4. The molecule has 0 amide bonds. The van der Waals surface area contributed by atoms with Gasteiger partial charge in [-0.1, -0.05) is 0 Å². The van der Waals surface area contributed by atoms with Gasteiger partial charge in [-0.15, -0.1) is 0 Å². The Kier molecular flexibility index (Phi) is 4.01. The smallest absolute Gasteiger partial charge is 0.306 e. The highest BCUT2D eigenvalue weighted by molar-refractivity contribution is 5.70. The molecule has 0 bridgehead atoms. The average molecular weight is 330 g/mol. The van der Waals surface area contributed by atoms with Crippen molar-refractivity contribution < 1.29 is 33.6 Å². The molecular formula is C16H26O7. The molecule has 0 aromatic heterocycles. The van der Waals surface area contributed by atoms with E-state index >= 15 is 0 Å². The molecule has 2 saturated heterocycles. The third-order valence-corrected chi connectivity index (χ3v) is 4.79. The van der Waals surface area contributed by atoms with Crippen LogP contribution in [-0.2, 0) is 28.5 Å². The Labute approximate surface area is 136 Å². The molecule has 2 heterocycles. The van der Waals surface area contributed by atoms with Gasteiger partial charge in [0.2, 0.25) is 0 Å². The Morgan fingerprint density at radius 1 is 1.17 bits per heavy atom. The predicted molar refractivity (Wildman–Crippen MR) is 78.4 cm³/mol. The Balaban J connectivity index is 1.81. The molecule has 132 valence electrons. The lowest BCUT2D eigenvalue weighted by atomic mass is 9.60. The molecule has 2 aliphatic heterocycles. The van der Waals surface area contributed by atoms with Crippen LogP contribution in [0.15, 0.2) is 0 Å². The fraction of sp³-hybridized carbons (Fsp3) is 0.938. The molecule has 0 aromatic rings.